The van der Waals surface area contributed by atoms with Crippen LogP contribution in [-0.4, -0.2) is 0 Å². The quantitative estimate of drug-likeness (QED) is 0.519. The Hall–Kier alpha value is -1.24. The fourth-order valence-corrected chi connectivity index (χ4v) is 0.953. The first-order valence-corrected chi connectivity index (χ1v) is 3.18. The molecule has 1 heteroatoms. The molecule has 1 aromatic carbocycles. The van der Waals surface area contributed by atoms with Crippen molar-refractivity contribution in [3.8, 4) is 5.75 Å². The van der Waals surface area contributed by atoms with Gasteiger partial charge in [0.05, 0.1) is 6.26 Å². The van der Waals surface area contributed by atoms with Crippen LogP contribution in [0.5, 0.6) is 5.75 Å². The maximum absolute atomic E-state index is 5.16. The number of ether oxygens (including phenoxy) is 1. The fraction of sp³-hybridized carbons (Fsp3) is 0.111. The van der Waals surface area contributed by atoms with Crippen LogP contribution in [0.2, 0.25) is 0 Å². The van der Waals surface area contributed by atoms with Gasteiger partial charge in [0, 0.05) is 12.0 Å². The third-order valence-corrected chi connectivity index (χ3v) is 1.45. The molecule has 2 rings (SSSR count). The Morgan fingerprint density at radius 3 is 3.40 bits per heavy atom. The van der Waals surface area contributed by atoms with Crippen molar-refractivity contribution in [3.63, 3.8) is 0 Å². The number of allylic oxidation sites excluding steroid dienone is 1. The first-order chi connectivity index (χ1) is 4.97. The molecule has 0 saturated carbocycles. The van der Waals surface area contributed by atoms with E-state index in [2.05, 4.69) is 12.1 Å². The number of rotatable bonds is 0. The Labute approximate surface area is 59.9 Å². The first-order valence-electron chi connectivity index (χ1n) is 3.18. The highest BCUT2D eigenvalue weighted by molar-refractivity contribution is 5.35. The Morgan fingerprint density at radius 1 is 1.50 bits per heavy atom. The molecular weight excluding hydrogens is 124 g/mol. The van der Waals surface area contributed by atoms with Crippen LogP contribution in [0.15, 0.2) is 24.5 Å². The van der Waals surface area contributed by atoms with Crippen molar-refractivity contribution in [3.05, 3.63) is 42.2 Å². The van der Waals surface area contributed by atoms with Crippen molar-refractivity contribution < 1.29 is 4.74 Å². The molecule has 0 aliphatic carbocycles. The van der Waals surface area contributed by atoms with E-state index < -0.39 is 0 Å². The number of fused-ring (bicyclic) bond motifs is 1. The molecule has 1 heterocycles. The SMILES string of the molecule is [C]1=COc2ccc[c]c2C1. The molecule has 0 atom stereocenters. The summed E-state index contributed by atoms with van der Waals surface area (Å²) < 4.78 is 5.16. The topological polar surface area (TPSA) is 9.23 Å². The van der Waals surface area contributed by atoms with Gasteiger partial charge < -0.3 is 4.74 Å². The minimum atomic E-state index is 0.816. The van der Waals surface area contributed by atoms with Gasteiger partial charge >= 0.3 is 0 Å². The lowest BCUT2D eigenvalue weighted by Crippen LogP contribution is -1.95. The van der Waals surface area contributed by atoms with Crippen molar-refractivity contribution in [2.75, 3.05) is 0 Å². The van der Waals surface area contributed by atoms with E-state index in [0.717, 1.165) is 17.7 Å². The summed E-state index contributed by atoms with van der Waals surface area (Å²) in [4.78, 5) is 0. The molecule has 2 radical (unpaired) electrons. The number of hydrogen-bond donors (Lipinski definition) is 0. The van der Waals surface area contributed by atoms with Crippen molar-refractivity contribution in [1.29, 1.82) is 0 Å². The van der Waals surface area contributed by atoms with Crippen LogP contribution in [0.1, 0.15) is 5.56 Å². The average molecular weight is 130 g/mol. The van der Waals surface area contributed by atoms with E-state index in [1.165, 1.54) is 0 Å². The van der Waals surface area contributed by atoms with Crippen molar-refractivity contribution >= 4 is 0 Å². The monoisotopic (exact) mass is 130 g/mol. The summed E-state index contributed by atoms with van der Waals surface area (Å²) in [5.41, 5.74) is 1.09. The summed E-state index contributed by atoms with van der Waals surface area (Å²) in [6.07, 6.45) is 5.37. The molecule has 0 unspecified atom stereocenters. The van der Waals surface area contributed by atoms with Gasteiger partial charge in [0.1, 0.15) is 5.75 Å². The second-order valence-corrected chi connectivity index (χ2v) is 2.13. The summed E-state index contributed by atoms with van der Waals surface area (Å²) in [7, 11) is 0. The van der Waals surface area contributed by atoms with E-state index in [-0.39, 0.29) is 0 Å². The molecule has 0 saturated heterocycles. The standard InChI is InChI=1S/C9H6O/c1-2-6-9-8(4-1)5-3-7-10-9/h1-2,6-7H,5H2. The van der Waals surface area contributed by atoms with Crippen LogP contribution in [0.3, 0.4) is 0 Å². The highest BCUT2D eigenvalue weighted by Gasteiger charge is 2.03. The lowest BCUT2D eigenvalue weighted by molar-refractivity contribution is 0.460. The van der Waals surface area contributed by atoms with Gasteiger partial charge in [-0.3, -0.25) is 0 Å². The minimum Gasteiger partial charge on any atom is -0.464 e. The van der Waals surface area contributed by atoms with Crippen molar-refractivity contribution in [1.82, 2.24) is 0 Å². The molecule has 1 aliphatic rings. The van der Waals surface area contributed by atoms with E-state index in [1.807, 2.05) is 18.2 Å². The summed E-state index contributed by atoms with van der Waals surface area (Å²) in [6, 6.07) is 8.81. The molecule has 1 aromatic rings. The normalized spacial score (nSPS) is 14.0. The zero-order valence-corrected chi connectivity index (χ0v) is 5.42. The Kier molecular flexibility index (Phi) is 1.21. The van der Waals surface area contributed by atoms with E-state index in [0.29, 0.717) is 0 Å². The third kappa shape index (κ3) is 0.798. The van der Waals surface area contributed by atoms with Crippen LogP contribution in [0.4, 0.5) is 0 Å². The van der Waals surface area contributed by atoms with Crippen LogP contribution >= 0.6 is 0 Å². The van der Waals surface area contributed by atoms with E-state index in [9.17, 15) is 0 Å². The van der Waals surface area contributed by atoms with Crippen LogP contribution in [-0.2, 0) is 6.42 Å². The van der Waals surface area contributed by atoms with E-state index >= 15 is 0 Å². The van der Waals surface area contributed by atoms with E-state index in [4.69, 9.17) is 4.74 Å². The smallest absolute Gasteiger partial charge is 0.130 e. The predicted molar refractivity (Wildman–Crippen MR) is 37.4 cm³/mol. The van der Waals surface area contributed by atoms with E-state index in [1.54, 1.807) is 6.26 Å². The summed E-state index contributed by atoms with van der Waals surface area (Å²) >= 11 is 0. The predicted octanol–water partition coefficient (Wildman–Crippen LogP) is 1.74. The van der Waals surface area contributed by atoms with Gasteiger partial charge in [-0.1, -0.05) is 12.1 Å². The lowest BCUT2D eigenvalue weighted by atomic mass is 10.1. The molecular formula is C9H6O. The molecule has 1 aliphatic heterocycles. The second kappa shape index (κ2) is 2.18. The highest BCUT2D eigenvalue weighted by Crippen LogP contribution is 2.20. The Morgan fingerprint density at radius 2 is 2.50 bits per heavy atom. The van der Waals surface area contributed by atoms with Gasteiger partial charge in [0.25, 0.3) is 0 Å². The zero-order valence-electron chi connectivity index (χ0n) is 5.42. The first kappa shape index (κ1) is 5.54. The van der Waals surface area contributed by atoms with Crippen LogP contribution in [0, 0.1) is 12.1 Å². The van der Waals surface area contributed by atoms with Crippen molar-refractivity contribution in [2.45, 2.75) is 6.42 Å². The fourth-order valence-electron chi connectivity index (χ4n) is 0.953. The van der Waals surface area contributed by atoms with Gasteiger partial charge in [0.2, 0.25) is 0 Å². The summed E-state index contributed by atoms with van der Waals surface area (Å²) in [5.74, 6) is 0.904. The molecule has 0 spiro atoms. The molecule has 0 bridgehead atoms. The molecule has 0 aromatic heterocycles. The lowest BCUT2D eigenvalue weighted by Gasteiger charge is -2.08. The third-order valence-electron chi connectivity index (χ3n) is 1.45. The van der Waals surface area contributed by atoms with Gasteiger partial charge in [-0.05, 0) is 18.2 Å². The number of hydrogen-bond acceptors (Lipinski definition) is 1. The molecule has 48 valence electrons. The molecule has 0 N–H and O–H groups in total. The second-order valence-electron chi connectivity index (χ2n) is 2.13. The van der Waals surface area contributed by atoms with Gasteiger partial charge in [-0.15, -0.1) is 0 Å². The molecule has 0 amide bonds. The average Bonchev–Trinajstić information content (AvgIpc) is 2.05. The molecule has 1 nitrogen and oxygen atoms in total. The highest BCUT2D eigenvalue weighted by atomic mass is 16.5. The summed E-state index contributed by atoms with van der Waals surface area (Å²) in [6.45, 7) is 0. The molecule has 10 heavy (non-hydrogen) atoms. The van der Waals surface area contributed by atoms with Gasteiger partial charge in [-0.2, -0.15) is 0 Å². The van der Waals surface area contributed by atoms with Crippen LogP contribution < -0.4 is 4.74 Å². The van der Waals surface area contributed by atoms with Crippen LogP contribution in [0.25, 0.3) is 0 Å². The molecule has 0 fully saturated rings. The Bertz CT molecular complexity index is 236. The number of benzene rings is 1. The minimum absolute atomic E-state index is 0.816. The maximum Gasteiger partial charge on any atom is 0.130 e. The largest absolute Gasteiger partial charge is 0.464 e. The summed E-state index contributed by atoms with van der Waals surface area (Å²) in [5, 5.41) is 0. The van der Waals surface area contributed by atoms with Gasteiger partial charge in [-0.25, -0.2) is 0 Å². The van der Waals surface area contributed by atoms with Gasteiger partial charge in [0.15, 0.2) is 0 Å². The van der Waals surface area contributed by atoms with Crippen molar-refractivity contribution in [2.24, 2.45) is 0 Å². The Balaban J connectivity index is 2.47. The zero-order chi connectivity index (χ0) is 6.81. The maximum atomic E-state index is 5.16.